The van der Waals surface area contributed by atoms with Crippen LogP contribution in [0.15, 0.2) is 48.7 Å². The van der Waals surface area contributed by atoms with Crippen molar-refractivity contribution in [2.45, 2.75) is 13.0 Å². The quantitative estimate of drug-likeness (QED) is 0.869. The van der Waals surface area contributed by atoms with Crippen LogP contribution in [0.25, 0.3) is 0 Å². The van der Waals surface area contributed by atoms with E-state index in [1.165, 1.54) is 5.56 Å². The Bertz CT molecular complexity index is 684. The lowest BCUT2D eigenvalue weighted by atomic mass is 10.1. The first-order valence-electron chi connectivity index (χ1n) is 8.72. The number of aromatic amines is 1. The molecule has 2 aromatic rings. The number of nitrogens with two attached hydrogens (primary N) is 1. The molecule has 0 bridgehead atoms. The molecule has 1 aromatic heterocycles. The van der Waals surface area contributed by atoms with Gasteiger partial charge in [-0.2, -0.15) is 0 Å². The first-order valence-corrected chi connectivity index (χ1v) is 9.09. The number of amides is 1. The molecule has 0 aliphatic carbocycles. The average molecular weight is 361 g/mol. The molecule has 0 radical (unpaired) electrons. The Balaban J connectivity index is 1.45. The van der Waals surface area contributed by atoms with Gasteiger partial charge in [-0.15, -0.1) is 0 Å². The normalized spacial score (nSPS) is 15.9. The maximum Gasteiger partial charge on any atom is 0.277 e. The minimum atomic E-state index is 0.206. The number of H-pyrrole nitrogens is 1. The zero-order valence-electron chi connectivity index (χ0n) is 14.5. The maximum absolute atomic E-state index is 12.5. The number of carbonyl (C=O) groups is 1. The highest BCUT2D eigenvalue weighted by molar-refractivity contribution is 6.30. The topological polar surface area (TPSA) is 54.3 Å². The Labute approximate surface area is 153 Å². The molecule has 0 spiro atoms. The van der Waals surface area contributed by atoms with Crippen LogP contribution in [0.1, 0.15) is 18.5 Å². The molecule has 132 valence electrons. The Morgan fingerprint density at radius 1 is 1.16 bits per heavy atom. The number of pyridine rings is 1. The van der Waals surface area contributed by atoms with Gasteiger partial charge in [0.15, 0.2) is 6.54 Å². The van der Waals surface area contributed by atoms with Gasteiger partial charge in [0.25, 0.3) is 11.7 Å². The monoisotopic (exact) mass is 360 g/mol. The van der Waals surface area contributed by atoms with Crippen molar-refractivity contribution in [1.82, 2.24) is 4.90 Å². The number of nitrogens with zero attached hydrogens (tertiary/aromatic N) is 2. The zero-order valence-corrected chi connectivity index (χ0v) is 15.2. The third-order valence-corrected chi connectivity index (χ3v) is 4.96. The Morgan fingerprint density at radius 3 is 2.52 bits per heavy atom. The number of nitrogens with one attached hydrogen (secondary N) is 1. The van der Waals surface area contributed by atoms with Gasteiger partial charge in [0.05, 0.1) is 19.3 Å². The largest absolute Gasteiger partial charge is 0.333 e. The van der Waals surface area contributed by atoms with Crippen molar-refractivity contribution in [1.29, 1.82) is 0 Å². The molecule has 2 heterocycles. The van der Waals surface area contributed by atoms with Crippen molar-refractivity contribution in [3.63, 3.8) is 0 Å². The second-order valence-corrected chi connectivity index (χ2v) is 6.83. The first kappa shape index (κ1) is 17.7. The second-order valence-electron chi connectivity index (χ2n) is 6.40. The summed E-state index contributed by atoms with van der Waals surface area (Å²) in [5.41, 5.74) is 1.18. The Hall–Kier alpha value is -2.11. The highest BCUT2D eigenvalue weighted by Crippen LogP contribution is 2.13. The number of benzene rings is 1. The highest BCUT2D eigenvalue weighted by Gasteiger charge is 2.26. The number of aromatic nitrogens is 1. The smallest absolute Gasteiger partial charge is 0.277 e. The van der Waals surface area contributed by atoms with Gasteiger partial charge in [-0.25, -0.2) is 4.98 Å². The molecule has 5 nitrogen and oxygen atoms in total. The van der Waals surface area contributed by atoms with Gasteiger partial charge < -0.3 is 10.2 Å². The lowest BCUT2D eigenvalue weighted by Crippen LogP contribution is -2.87. The molecule has 25 heavy (non-hydrogen) atoms. The summed E-state index contributed by atoms with van der Waals surface area (Å²) in [6.45, 7) is 5.84. The van der Waals surface area contributed by atoms with Gasteiger partial charge in [-0.05, 0) is 25.1 Å². The molecule has 1 amide bonds. The fraction of sp³-hybridized carbons (Fsp3) is 0.368. The molecular formula is C19H25ClN4O+2. The molecule has 3 N–H and O–H groups in total. The summed E-state index contributed by atoms with van der Waals surface area (Å²) in [6, 6.07) is 14.1. The van der Waals surface area contributed by atoms with Crippen molar-refractivity contribution >= 4 is 23.3 Å². The third-order valence-electron chi connectivity index (χ3n) is 4.71. The molecule has 0 unspecified atom stereocenters. The van der Waals surface area contributed by atoms with Gasteiger partial charge in [-0.3, -0.25) is 9.69 Å². The summed E-state index contributed by atoms with van der Waals surface area (Å²) < 4.78 is 0. The van der Waals surface area contributed by atoms with E-state index in [-0.39, 0.29) is 11.9 Å². The lowest BCUT2D eigenvalue weighted by Gasteiger charge is -2.30. The Kier molecular flexibility index (Phi) is 5.89. The molecule has 1 aliphatic heterocycles. The van der Waals surface area contributed by atoms with Crippen LogP contribution in [0.2, 0.25) is 5.02 Å². The lowest BCUT2D eigenvalue weighted by molar-refractivity contribution is -0.683. The van der Waals surface area contributed by atoms with Crippen molar-refractivity contribution in [3.05, 3.63) is 59.2 Å². The van der Waals surface area contributed by atoms with E-state index >= 15 is 0 Å². The van der Waals surface area contributed by atoms with Crippen LogP contribution in [0, 0.1) is 0 Å². The maximum atomic E-state index is 12.5. The molecule has 1 aromatic carbocycles. The highest BCUT2D eigenvalue weighted by atomic mass is 35.5. The third kappa shape index (κ3) is 4.71. The molecule has 1 atom stereocenters. The molecule has 6 heteroatoms. The molecule has 1 saturated heterocycles. The van der Waals surface area contributed by atoms with Crippen LogP contribution in [0.3, 0.4) is 0 Å². The van der Waals surface area contributed by atoms with E-state index in [1.807, 2.05) is 47.5 Å². The van der Waals surface area contributed by atoms with Gasteiger partial charge in [0, 0.05) is 16.7 Å². The van der Waals surface area contributed by atoms with Crippen molar-refractivity contribution < 1.29 is 15.1 Å². The van der Waals surface area contributed by atoms with Crippen LogP contribution in [-0.4, -0.2) is 43.5 Å². The van der Waals surface area contributed by atoms with Gasteiger partial charge in [0.1, 0.15) is 19.1 Å². The zero-order chi connectivity index (χ0) is 17.6. The van der Waals surface area contributed by atoms with Crippen LogP contribution in [0.5, 0.6) is 0 Å². The van der Waals surface area contributed by atoms with Gasteiger partial charge in [0.2, 0.25) is 0 Å². The number of halogens is 1. The van der Waals surface area contributed by atoms with Crippen molar-refractivity contribution in [2.75, 3.05) is 37.6 Å². The number of hydrogen-bond donors (Lipinski definition) is 1. The van der Waals surface area contributed by atoms with E-state index < -0.39 is 0 Å². The predicted octanol–water partition coefficient (Wildman–Crippen LogP) is 1.13. The van der Waals surface area contributed by atoms with Gasteiger partial charge in [-0.1, -0.05) is 29.8 Å². The van der Waals surface area contributed by atoms with Crippen LogP contribution in [-0.2, 0) is 4.79 Å². The predicted molar refractivity (Wildman–Crippen MR) is 98.5 cm³/mol. The van der Waals surface area contributed by atoms with E-state index in [0.717, 1.165) is 37.0 Å². The first-order chi connectivity index (χ1) is 12.1. The van der Waals surface area contributed by atoms with E-state index in [1.54, 1.807) is 0 Å². The van der Waals surface area contributed by atoms with E-state index in [0.29, 0.717) is 6.54 Å². The number of anilines is 1. The standard InChI is InChI=1S/C19H23ClN4O/c1-15(16-5-7-17(20)8-6-16)22-14-19(25)24-12-10-23(11-13-24)18-4-2-3-9-21-18/h2-9,15,22H,10-14H2,1H3/p+2/t15-/m1/s1. The molecular weight excluding hydrogens is 336 g/mol. The van der Waals surface area contributed by atoms with E-state index in [9.17, 15) is 4.79 Å². The molecule has 0 saturated carbocycles. The molecule has 1 fully saturated rings. The number of carbonyl (C=O) groups excluding carboxylic acids is 1. The summed E-state index contributed by atoms with van der Waals surface area (Å²) in [4.78, 5) is 20.0. The second kappa shape index (κ2) is 8.32. The van der Waals surface area contributed by atoms with Crippen molar-refractivity contribution in [2.24, 2.45) is 0 Å². The number of hydrogen-bond acceptors (Lipinski definition) is 2. The van der Waals surface area contributed by atoms with E-state index in [4.69, 9.17) is 11.6 Å². The fourth-order valence-electron chi connectivity index (χ4n) is 3.09. The fourth-order valence-corrected chi connectivity index (χ4v) is 3.21. The Morgan fingerprint density at radius 2 is 1.88 bits per heavy atom. The minimum absolute atomic E-state index is 0.206. The van der Waals surface area contributed by atoms with Crippen molar-refractivity contribution in [3.8, 4) is 0 Å². The van der Waals surface area contributed by atoms with Crippen LogP contribution < -0.4 is 15.2 Å². The van der Waals surface area contributed by atoms with Crippen LogP contribution >= 0.6 is 11.6 Å². The summed E-state index contributed by atoms with van der Waals surface area (Å²) in [6.07, 6.45) is 1.93. The number of quaternary nitrogens is 1. The number of rotatable bonds is 5. The molecule has 3 rings (SSSR count). The van der Waals surface area contributed by atoms with E-state index in [2.05, 4.69) is 28.2 Å². The van der Waals surface area contributed by atoms with Crippen LogP contribution in [0.4, 0.5) is 5.82 Å². The summed E-state index contributed by atoms with van der Waals surface area (Å²) in [5, 5.41) is 2.82. The van der Waals surface area contributed by atoms with Gasteiger partial charge >= 0.3 is 0 Å². The SMILES string of the molecule is C[C@@H]([NH2+]CC(=O)N1CCN(c2cccc[nH+]2)CC1)c1ccc(Cl)cc1. The number of piperazine rings is 1. The molecule has 1 aliphatic rings. The summed E-state index contributed by atoms with van der Waals surface area (Å²) in [7, 11) is 0. The minimum Gasteiger partial charge on any atom is -0.333 e. The summed E-state index contributed by atoms with van der Waals surface area (Å²) in [5.74, 6) is 1.31. The summed E-state index contributed by atoms with van der Waals surface area (Å²) >= 11 is 5.92. The average Bonchev–Trinajstić information content (AvgIpc) is 2.67.